The van der Waals surface area contributed by atoms with E-state index in [0.29, 0.717) is 18.7 Å². The lowest BCUT2D eigenvalue weighted by atomic mass is 9.87. The Kier molecular flexibility index (Phi) is 9.04. The number of pyridine rings is 2. The average molecular weight is 554 g/mol. The highest BCUT2D eigenvalue weighted by Crippen LogP contribution is 2.31. The van der Waals surface area contributed by atoms with Crippen molar-refractivity contribution >= 4 is 28.4 Å². The van der Waals surface area contributed by atoms with Crippen molar-refractivity contribution in [2.24, 2.45) is 11.8 Å². The summed E-state index contributed by atoms with van der Waals surface area (Å²) in [5, 5.41) is 7.07. The van der Waals surface area contributed by atoms with Gasteiger partial charge in [-0.2, -0.15) is 0 Å². The van der Waals surface area contributed by atoms with Crippen LogP contribution in [0.2, 0.25) is 0 Å². The molecule has 1 saturated carbocycles. The normalized spacial score (nSPS) is 14.4. The van der Waals surface area contributed by atoms with Gasteiger partial charge in [-0.15, -0.1) is 0 Å². The molecular weight excluding hydrogens is 514 g/mol. The highest BCUT2D eigenvalue weighted by Gasteiger charge is 2.21. The Labute approximate surface area is 241 Å². The van der Waals surface area contributed by atoms with Crippen molar-refractivity contribution in [2.45, 2.75) is 32.6 Å². The molecule has 1 aliphatic rings. The minimum absolute atomic E-state index is 0.109. The van der Waals surface area contributed by atoms with Crippen LogP contribution in [0.1, 0.15) is 48.5 Å². The minimum Gasteiger partial charge on any atom is -0.379 e. The third kappa shape index (κ3) is 6.97. The maximum Gasteiger partial charge on any atom is 0.251 e. The van der Waals surface area contributed by atoms with E-state index in [1.54, 1.807) is 25.6 Å². The van der Waals surface area contributed by atoms with Crippen LogP contribution in [0.15, 0.2) is 61.2 Å². The van der Waals surface area contributed by atoms with E-state index in [9.17, 15) is 4.79 Å². The topological polar surface area (TPSA) is 105 Å². The SMILES string of the molecule is CNC(=O)c1ccnc2c([C@H](C)C(C)CNc3cc(-c4ccc(N(C)CCOCC5CC5)nc4)ncn3)cccc12. The van der Waals surface area contributed by atoms with Gasteiger partial charge in [0.15, 0.2) is 0 Å². The van der Waals surface area contributed by atoms with Gasteiger partial charge in [0.25, 0.3) is 5.91 Å². The predicted octanol–water partition coefficient (Wildman–Crippen LogP) is 5.16. The van der Waals surface area contributed by atoms with Crippen molar-refractivity contribution in [3.05, 3.63) is 72.3 Å². The number of amides is 1. The first kappa shape index (κ1) is 28.4. The Morgan fingerprint density at radius 3 is 2.71 bits per heavy atom. The number of rotatable bonds is 13. The van der Waals surface area contributed by atoms with E-state index in [2.05, 4.69) is 55.4 Å². The summed E-state index contributed by atoms with van der Waals surface area (Å²) in [5.41, 5.74) is 4.38. The second-order valence-corrected chi connectivity index (χ2v) is 11.0. The number of nitrogens with one attached hydrogen (secondary N) is 2. The number of hydrogen-bond acceptors (Lipinski definition) is 8. The Hall–Kier alpha value is -4.11. The van der Waals surface area contributed by atoms with Crippen molar-refractivity contribution in [1.82, 2.24) is 25.3 Å². The smallest absolute Gasteiger partial charge is 0.251 e. The molecule has 0 aliphatic heterocycles. The van der Waals surface area contributed by atoms with E-state index in [1.165, 1.54) is 12.8 Å². The number of carbonyl (C=O) groups is 1. The number of likely N-dealkylation sites (N-methyl/N-ethyl adjacent to an activating group) is 1. The molecule has 5 rings (SSSR count). The van der Waals surface area contributed by atoms with Crippen molar-refractivity contribution in [1.29, 1.82) is 0 Å². The lowest BCUT2D eigenvalue weighted by molar-refractivity contribution is 0.0964. The van der Waals surface area contributed by atoms with Gasteiger partial charge < -0.3 is 20.3 Å². The molecule has 1 aliphatic carbocycles. The van der Waals surface area contributed by atoms with Gasteiger partial charge >= 0.3 is 0 Å². The summed E-state index contributed by atoms with van der Waals surface area (Å²) in [6.07, 6.45) is 7.76. The van der Waals surface area contributed by atoms with Crippen molar-refractivity contribution in [3.63, 3.8) is 0 Å². The highest BCUT2D eigenvalue weighted by atomic mass is 16.5. The molecule has 4 aromatic rings. The number of benzene rings is 1. The molecule has 0 radical (unpaired) electrons. The first-order valence-corrected chi connectivity index (χ1v) is 14.4. The Morgan fingerprint density at radius 2 is 1.95 bits per heavy atom. The zero-order valence-electron chi connectivity index (χ0n) is 24.3. The van der Waals surface area contributed by atoms with Gasteiger partial charge in [-0.05, 0) is 54.4 Å². The second kappa shape index (κ2) is 13.0. The molecule has 9 nitrogen and oxygen atoms in total. The van der Waals surface area contributed by atoms with Crippen LogP contribution in [0, 0.1) is 11.8 Å². The number of carbonyl (C=O) groups excluding carboxylic acids is 1. The molecule has 1 unspecified atom stereocenters. The van der Waals surface area contributed by atoms with Crippen molar-refractivity contribution in [2.75, 3.05) is 50.6 Å². The quantitative estimate of drug-likeness (QED) is 0.219. The van der Waals surface area contributed by atoms with Crippen LogP contribution in [0.5, 0.6) is 0 Å². The van der Waals surface area contributed by atoms with Gasteiger partial charge in [-0.25, -0.2) is 15.0 Å². The zero-order chi connectivity index (χ0) is 28.8. The van der Waals surface area contributed by atoms with Crippen LogP contribution >= 0.6 is 0 Å². The third-order valence-electron chi connectivity index (χ3n) is 7.95. The zero-order valence-corrected chi connectivity index (χ0v) is 24.3. The molecule has 1 aromatic carbocycles. The predicted molar refractivity (Wildman–Crippen MR) is 163 cm³/mol. The first-order chi connectivity index (χ1) is 19.9. The molecule has 0 bridgehead atoms. The van der Waals surface area contributed by atoms with Gasteiger partial charge in [0.05, 0.1) is 23.4 Å². The van der Waals surface area contributed by atoms with Gasteiger partial charge in [0, 0.05) is 63.2 Å². The van der Waals surface area contributed by atoms with E-state index in [4.69, 9.17) is 4.74 Å². The minimum atomic E-state index is -0.109. The second-order valence-electron chi connectivity index (χ2n) is 11.0. The average Bonchev–Trinajstić information content (AvgIpc) is 3.85. The lowest BCUT2D eigenvalue weighted by Crippen LogP contribution is -2.23. The number of nitrogens with zero attached hydrogens (tertiary/aromatic N) is 5. The van der Waals surface area contributed by atoms with Crippen LogP contribution in [0.3, 0.4) is 0 Å². The third-order valence-corrected chi connectivity index (χ3v) is 7.95. The number of ether oxygens (including phenoxy) is 1. The van der Waals surface area contributed by atoms with Gasteiger partial charge in [-0.1, -0.05) is 32.0 Å². The Balaban J connectivity index is 1.20. The van der Waals surface area contributed by atoms with Crippen molar-refractivity contribution in [3.8, 4) is 11.3 Å². The molecule has 0 spiro atoms. The van der Waals surface area contributed by atoms with E-state index in [0.717, 1.165) is 58.4 Å². The standard InChI is InChI=1S/C32H39N7O2/c1-21(22(2)25-6-5-7-26-27(32(40)33-3)12-13-34-31(25)26)17-35-29-16-28(37-20-38-29)24-10-11-30(36-18-24)39(4)14-15-41-19-23-8-9-23/h5-7,10-13,16,18,20-23H,8-9,14-15,17,19H2,1-4H3,(H,33,40)(H,35,37,38)/t21?,22-/m1/s1. The molecule has 41 heavy (non-hydrogen) atoms. The summed E-state index contributed by atoms with van der Waals surface area (Å²) in [6, 6.07) is 13.8. The molecule has 2 N–H and O–H groups in total. The Bertz CT molecular complexity index is 1470. The summed E-state index contributed by atoms with van der Waals surface area (Å²) < 4.78 is 5.76. The van der Waals surface area contributed by atoms with E-state index in [-0.39, 0.29) is 17.7 Å². The van der Waals surface area contributed by atoms with Crippen LogP contribution < -0.4 is 15.5 Å². The summed E-state index contributed by atoms with van der Waals surface area (Å²) in [4.78, 5) is 32.7. The summed E-state index contributed by atoms with van der Waals surface area (Å²) >= 11 is 0. The summed E-state index contributed by atoms with van der Waals surface area (Å²) in [7, 11) is 3.68. The number of para-hydroxylation sites is 1. The summed E-state index contributed by atoms with van der Waals surface area (Å²) in [6.45, 7) is 7.52. The van der Waals surface area contributed by atoms with E-state index in [1.807, 2.05) is 43.6 Å². The first-order valence-electron chi connectivity index (χ1n) is 14.4. The van der Waals surface area contributed by atoms with Crippen LogP contribution in [-0.2, 0) is 4.74 Å². The monoisotopic (exact) mass is 553 g/mol. The fraction of sp³-hybridized carbons (Fsp3) is 0.406. The number of anilines is 2. The molecule has 2 atom stereocenters. The molecule has 3 heterocycles. The summed E-state index contributed by atoms with van der Waals surface area (Å²) in [5.74, 6) is 2.82. The van der Waals surface area contributed by atoms with E-state index >= 15 is 0 Å². The van der Waals surface area contributed by atoms with Crippen molar-refractivity contribution < 1.29 is 9.53 Å². The molecule has 0 saturated heterocycles. The largest absolute Gasteiger partial charge is 0.379 e. The van der Waals surface area contributed by atoms with Crippen LogP contribution in [0.4, 0.5) is 11.6 Å². The lowest BCUT2D eigenvalue weighted by Gasteiger charge is -2.22. The van der Waals surface area contributed by atoms with Gasteiger partial charge in [0.1, 0.15) is 18.0 Å². The fourth-order valence-electron chi connectivity index (χ4n) is 4.87. The van der Waals surface area contributed by atoms with E-state index < -0.39 is 0 Å². The molecular formula is C32H39N7O2. The molecule has 1 fully saturated rings. The van der Waals surface area contributed by atoms with Gasteiger partial charge in [0.2, 0.25) is 0 Å². The fourth-order valence-corrected chi connectivity index (χ4v) is 4.87. The maximum atomic E-state index is 12.4. The molecule has 3 aromatic heterocycles. The van der Waals surface area contributed by atoms with Gasteiger partial charge in [-0.3, -0.25) is 9.78 Å². The number of aromatic nitrogens is 4. The number of fused-ring (bicyclic) bond motifs is 1. The molecule has 214 valence electrons. The Morgan fingerprint density at radius 1 is 1.10 bits per heavy atom. The molecule has 1 amide bonds. The van der Waals surface area contributed by atoms with Crippen LogP contribution in [0.25, 0.3) is 22.2 Å². The maximum absolute atomic E-state index is 12.4. The van der Waals surface area contributed by atoms with Crippen LogP contribution in [-0.4, -0.2) is 66.2 Å². The highest BCUT2D eigenvalue weighted by molar-refractivity contribution is 6.06. The molecule has 9 heteroatoms. The number of hydrogen-bond donors (Lipinski definition) is 2.